The minimum atomic E-state index is -3.38. The number of hydrogen-bond donors (Lipinski definition) is 4. The van der Waals surface area contributed by atoms with Crippen molar-refractivity contribution in [2.45, 2.75) is 25.9 Å². The van der Waals surface area contributed by atoms with Crippen LogP contribution in [0.25, 0.3) is 16.0 Å². The lowest BCUT2D eigenvalue weighted by Crippen LogP contribution is -2.37. The first-order valence-corrected chi connectivity index (χ1v) is 11.6. The highest BCUT2D eigenvalue weighted by atomic mass is 35.5. The molecule has 2 rings (SSSR count). The van der Waals surface area contributed by atoms with Gasteiger partial charge in [0, 0.05) is 16.1 Å². The Morgan fingerprint density at radius 3 is 2.61 bits per heavy atom. The van der Waals surface area contributed by atoms with Crippen molar-refractivity contribution in [1.82, 2.24) is 0 Å². The molecule has 1 heterocycles. The molecule has 0 aliphatic heterocycles. The number of sulfonamides is 1. The predicted octanol–water partition coefficient (Wildman–Crippen LogP) is 4.00. The first kappa shape index (κ1) is 22.6. The van der Waals surface area contributed by atoms with Crippen LogP contribution in [0.3, 0.4) is 0 Å². The summed E-state index contributed by atoms with van der Waals surface area (Å²) in [4.78, 5) is 0.894. The number of allylic oxidation sites excluding steroid dienone is 1. The van der Waals surface area contributed by atoms with E-state index in [4.69, 9.17) is 17.0 Å². The van der Waals surface area contributed by atoms with Gasteiger partial charge in [-0.15, -0.1) is 11.3 Å². The molecule has 152 valence electrons. The predicted molar refractivity (Wildman–Crippen MR) is 117 cm³/mol. The Kier molecular flexibility index (Phi) is 7.06. The van der Waals surface area contributed by atoms with Crippen molar-refractivity contribution >= 4 is 49.9 Å². The third-order valence-electron chi connectivity index (χ3n) is 4.10. The molecule has 0 amide bonds. The molecule has 0 fully saturated rings. The summed E-state index contributed by atoms with van der Waals surface area (Å²) in [7, 11) is -3.38. The van der Waals surface area contributed by atoms with Gasteiger partial charge in [-0.25, -0.2) is 8.42 Å². The van der Waals surface area contributed by atoms with E-state index < -0.39 is 22.2 Å². The molecule has 1 aromatic carbocycles. The summed E-state index contributed by atoms with van der Waals surface area (Å²) in [5.41, 5.74) is 1.26. The Bertz CT molecular complexity index is 1010. The van der Waals surface area contributed by atoms with Gasteiger partial charge in [-0.2, -0.15) is 0 Å². The summed E-state index contributed by atoms with van der Waals surface area (Å²) in [6.07, 6.45) is 3.29. The van der Waals surface area contributed by atoms with Crippen molar-refractivity contribution < 1.29 is 18.6 Å². The normalized spacial score (nSPS) is 14.6. The van der Waals surface area contributed by atoms with Crippen LogP contribution in [0.5, 0.6) is 0 Å². The second kappa shape index (κ2) is 8.75. The Morgan fingerprint density at radius 1 is 1.39 bits per heavy atom. The lowest BCUT2D eigenvalue weighted by molar-refractivity contribution is 0.0606. The zero-order valence-electron chi connectivity index (χ0n) is 15.8. The molecule has 9 heteroatoms. The molecule has 2 aromatic rings. The largest absolute Gasteiger partial charge is 0.393 e. The summed E-state index contributed by atoms with van der Waals surface area (Å²) >= 11 is 7.81. The van der Waals surface area contributed by atoms with Crippen LogP contribution in [0.4, 0.5) is 5.69 Å². The second-order valence-corrected chi connectivity index (χ2v) is 9.70. The topological polar surface area (TPSA) is 110 Å². The van der Waals surface area contributed by atoms with Crippen LogP contribution in [0.1, 0.15) is 25.8 Å². The van der Waals surface area contributed by atoms with Crippen molar-refractivity contribution in [2.24, 2.45) is 0 Å². The van der Waals surface area contributed by atoms with Crippen molar-refractivity contribution in [3.8, 4) is 10.4 Å². The maximum Gasteiger partial charge on any atom is 0.229 e. The number of rotatable bonds is 8. The van der Waals surface area contributed by atoms with Crippen molar-refractivity contribution in [3.63, 3.8) is 0 Å². The number of anilines is 1. The van der Waals surface area contributed by atoms with Crippen LogP contribution >= 0.6 is 22.9 Å². The number of aliphatic hydroxyl groups excluding tert-OH is 1. The molecular formula is C19H23ClN2O4S2. The molecule has 6 nitrogen and oxygen atoms in total. The molecule has 1 atom stereocenters. The number of benzene rings is 1. The molecule has 0 spiro atoms. The molecule has 0 aliphatic rings. The summed E-state index contributed by atoms with van der Waals surface area (Å²) < 4.78 is 25.1. The number of nitrogens with one attached hydrogen (secondary N) is 2. The summed E-state index contributed by atoms with van der Waals surface area (Å²) in [6, 6.07) is 6.89. The van der Waals surface area contributed by atoms with Crippen LogP contribution < -0.4 is 4.72 Å². The van der Waals surface area contributed by atoms with Gasteiger partial charge in [0.25, 0.3) is 0 Å². The zero-order chi connectivity index (χ0) is 21.1. The van der Waals surface area contributed by atoms with E-state index in [0.29, 0.717) is 17.1 Å². The molecule has 0 saturated heterocycles. The van der Waals surface area contributed by atoms with E-state index in [0.717, 1.165) is 27.8 Å². The van der Waals surface area contributed by atoms with Crippen LogP contribution in [0.15, 0.2) is 35.7 Å². The van der Waals surface area contributed by atoms with E-state index in [1.54, 1.807) is 24.3 Å². The maximum absolute atomic E-state index is 11.3. The van der Waals surface area contributed by atoms with E-state index in [1.165, 1.54) is 18.3 Å². The molecule has 0 radical (unpaired) electrons. The third-order valence-corrected chi connectivity index (χ3v) is 5.98. The zero-order valence-corrected chi connectivity index (χ0v) is 18.2. The lowest BCUT2D eigenvalue weighted by Gasteiger charge is -2.19. The number of thiophene rings is 1. The van der Waals surface area contributed by atoms with Gasteiger partial charge < -0.3 is 15.6 Å². The van der Waals surface area contributed by atoms with Gasteiger partial charge in [0.05, 0.1) is 23.6 Å². The van der Waals surface area contributed by atoms with Gasteiger partial charge in [0.2, 0.25) is 10.0 Å². The van der Waals surface area contributed by atoms with Gasteiger partial charge in [0.15, 0.2) is 0 Å². The highest BCUT2D eigenvalue weighted by Gasteiger charge is 2.24. The van der Waals surface area contributed by atoms with Crippen molar-refractivity contribution in [3.05, 3.63) is 46.3 Å². The lowest BCUT2D eigenvalue weighted by atomic mass is 9.96. The minimum Gasteiger partial charge on any atom is -0.393 e. The average Bonchev–Trinajstić information content (AvgIpc) is 3.07. The molecule has 28 heavy (non-hydrogen) atoms. The first-order chi connectivity index (χ1) is 13.0. The smallest absolute Gasteiger partial charge is 0.229 e. The molecular weight excluding hydrogens is 420 g/mol. The van der Waals surface area contributed by atoms with Crippen molar-refractivity contribution in [2.75, 3.05) is 17.6 Å². The number of aliphatic hydroxyl groups is 2. The van der Waals surface area contributed by atoms with Crippen molar-refractivity contribution in [1.29, 1.82) is 5.41 Å². The van der Waals surface area contributed by atoms with Crippen LogP contribution in [0, 0.1) is 5.41 Å². The minimum absolute atomic E-state index is 0.0613. The quantitative estimate of drug-likeness (QED) is 0.463. The Balaban J connectivity index is 2.34. The van der Waals surface area contributed by atoms with Gasteiger partial charge in [-0.05, 0) is 60.2 Å². The monoisotopic (exact) mass is 442 g/mol. The highest BCUT2D eigenvalue weighted by molar-refractivity contribution is 7.92. The first-order valence-electron chi connectivity index (χ1n) is 8.46. The SMILES string of the molecule is CC/C(=C\C(=N)C(C)(O)CO)c1csc(-c2ccc(NS(C)(=O)=O)cc2Cl)c1. The second-order valence-electron chi connectivity index (χ2n) is 6.64. The standard InChI is InChI=1S/C19H23ClN2O4S2/c1-4-12(8-18(21)19(2,24)11-23)13-7-17(27-10-13)15-6-5-14(9-16(15)20)22-28(3,25)26/h5-10,21-24H,4,11H2,1-3H3/b12-8+,21-18?. The molecule has 0 saturated carbocycles. The number of halogens is 1. The van der Waals surface area contributed by atoms with Gasteiger partial charge in [0.1, 0.15) is 5.60 Å². The van der Waals surface area contributed by atoms with E-state index in [1.807, 2.05) is 18.4 Å². The summed E-state index contributed by atoms with van der Waals surface area (Å²) in [5.74, 6) is 0. The van der Waals surface area contributed by atoms with Crippen LogP contribution in [-0.4, -0.2) is 42.8 Å². The van der Waals surface area contributed by atoms with Crippen LogP contribution in [-0.2, 0) is 10.0 Å². The maximum atomic E-state index is 11.3. The van der Waals surface area contributed by atoms with E-state index in [-0.39, 0.29) is 5.71 Å². The summed E-state index contributed by atoms with van der Waals surface area (Å²) in [6.45, 7) is 2.81. The van der Waals surface area contributed by atoms with Gasteiger partial charge in [-0.3, -0.25) is 4.72 Å². The van der Waals surface area contributed by atoms with E-state index in [2.05, 4.69) is 4.72 Å². The molecule has 4 N–H and O–H groups in total. The van der Waals surface area contributed by atoms with E-state index >= 15 is 0 Å². The van der Waals surface area contributed by atoms with Gasteiger partial charge >= 0.3 is 0 Å². The fourth-order valence-electron chi connectivity index (χ4n) is 2.44. The molecule has 1 unspecified atom stereocenters. The summed E-state index contributed by atoms with van der Waals surface area (Å²) in [5, 5.41) is 29.6. The Labute approximate surface area is 174 Å². The molecule has 1 aromatic heterocycles. The fraction of sp³-hybridized carbons (Fsp3) is 0.316. The highest BCUT2D eigenvalue weighted by Crippen LogP contribution is 2.37. The van der Waals surface area contributed by atoms with E-state index in [9.17, 15) is 18.6 Å². The Hall–Kier alpha value is -1.71. The fourth-order valence-corrected chi connectivity index (χ4v) is 4.31. The average molecular weight is 443 g/mol. The number of hydrogen-bond acceptors (Lipinski definition) is 6. The third kappa shape index (κ3) is 5.65. The Morgan fingerprint density at radius 2 is 2.07 bits per heavy atom. The molecule has 0 aliphatic carbocycles. The van der Waals surface area contributed by atoms with Crippen LogP contribution in [0.2, 0.25) is 5.02 Å². The molecule has 0 bridgehead atoms. The van der Waals surface area contributed by atoms with Gasteiger partial charge in [-0.1, -0.05) is 18.5 Å².